The van der Waals surface area contributed by atoms with Crippen molar-refractivity contribution in [2.24, 2.45) is 4.99 Å². The predicted octanol–water partition coefficient (Wildman–Crippen LogP) is 3.13. The first-order valence-corrected chi connectivity index (χ1v) is 12.6. The van der Waals surface area contributed by atoms with E-state index in [9.17, 15) is 24.8 Å². The largest absolute Gasteiger partial charge is 0.502 e. The van der Waals surface area contributed by atoms with E-state index in [-0.39, 0.29) is 22.3 Å². The number of ether oxygens (including phenoxy) is 1. The molecule has 0 saturated heterocycles. The van der Waals surface area contributed by atoms with Gasteiger partial charge < -0.3 is 9.84 Å². The molecule has 180 valence electrons. The lowest BCUT2D eigenvalue weighted by Gasteiger charge is -2.24. The van der Waals surface area contributed by atoms with Crippen molar-refractivity contribution < 1.29 is 19.6 Å². The molecule has 1 atom stereocenters. The number of rotatable bonds is 6. The molecule has 1 N–H and O–H groups in total. The quantitative estimate of drug-likeness (QED) is 0.233. The van der Waals surface area contributed by atoms with Crippen molar-refractivity contribution >= 4 is 40.8 Å². The van der Waals surface area contributed by atoms with Crippen LogP contribution in [0.15, 0.2) is 68.4 Å². The van der Waals surface area contributed by atoms with E-state index in [4.69, 9.17) is 4.74 Å². The van der Waals surface area contributed by atoms with Crippen molar-refractivity contribution in [3.8, 4) is 5.75 Å². The van der Waals surface area contributed by atoms with Gasteiger partial charge in [0.25, 0.3) is 5.56 Å². The number of fused-ring (bicyclic) bond motifs is 1. The third-order valence-corrected chi connectivity index (χ3v) is 7.20. The SMILES string of the molecule is CCOC(=O)C1=C(C)N=c2sc(=Cc3cccc([N+](=O)[O-])c3O)c(=O)n2C1c1ccc(SC)cc1. The highest BCUT2D eigenvalue weighted by molar-refractivity contribution is 7.98. The number of phenols is 1. The van der Waals surface area contributed by atoms with E-state index in [0.29, 0.717) is 16.1 Å². The molecule has 0 bridgehead atoms. The van der Waals surface area contributed by atoms with Crippen LogP contribution < -0.4 is 14.9 Å². The number of nitro benzene ring substituents is 1. The minimum atomic E-state index is -0.762. The number of aromatic nitrogens is 1. The van der Waals surface area contributed by atoms with Crippen LogP contribution in [-0.2, 0) is 9.53 Å². The fraction of sp³-hybridized carbons (Fsp3) is 0.208. The molecule has 0 aliphatic carbocycles. The third-order valence-electron chi connectivity index (χ3n) is 5.48. The van der Waals surface area contributed by atoms with E-state index in [2.05, 4.69) is 4.99 Å². The number of carbonyl (C=O) groups excluding carboxylic acids is 1. The van der Waals surface area contributed by atoms with Gasteiger partial charge in [-0.1, -0.05) is 35.6 Å². The van der Waals surface area contributed by atoms with Crippen molar-refractivity contribution in [1.29, 1.82) is 0 Å². The van der Waals surface area contributed by atoms with E-state index in [1.54, 1.807) is 25.6 Å². The maximum Gasteiger partial charge on any atom is 0.338 e. The van der Waals surface area contributed by atoms with Crippen molar-refractivity contribution in [2.75, 3.05) is 12.9 Å². The second-order valence-electron chi connectivity index (χ2n) is 7.55. The van der Waals surface area contributed by atoms with Crippen LogP contribution >= 0.6 is 23.1 Å². The topological polar surface area (TPSA) is 124 Å². The minimum Gasteiger partial charge on any atom is -0.502 e. The zero-order valence-corrected chi connectivity index (χ0v) is 20.7. The van der Waals surface area contributed by atoms with Crippen LogP contribution in [0.5, 0.6) is 5.75 Å². The highest BCUT2D eigenvalue weighted by Gasteiger charge is 2.33. The Hall–Kier alpha value is -3.70. The Balaban J connectivity index is 1.95. The molecular formula is C24H21N3O6S2. The minimum absolute atomic E-state index is 0.131. The highest BCUT2D eigenvalue weighted by atomic mass is 32.2. The van der Waals surface area contributed by atoms with Crippen LogP contribution in [-0.4, -0.2) is 33.4 Å². The van der Waals surface area contributed by atoms with Gasteiger partial charge in [-0.15, -0.1) is 11.8 Å². The summed E-state index contributed by atoms with van der Waals surface area (Å²) in [6.45, 7) is 3.57. The Bertz CT molecular complexity index is 1540. The van der Waals surface area contributed by atoms with Crippen molar-refractivity contribution in [2.45, 2.75) is 24.8 Å². The summed E-state index contributed by atoms with van der Waals surface area (Å²) in [4.78, 5) is 42.9. The molecule has 0 radical (unpaired) electrons. The normalized spacial score (nSPS) is 15.5. The number of carbonyl (C=O) groups is 1. The molecule has 0 fully saturated rings. The lowest BCUT2D eigenvalue weighted by Crippen LogP contribution is -2.39. The van der Waals surface area contributed by atoms with Gasteiger partial charge in [-0.05, 0) is 43.9 Å². The second-order valence-corrected chi connectivity index (χ2v) is 9.44. The number of aromatic hydroxyl groups is 1. The smallest absolute Gasteiger partial charge is 0.338 e. The second kappa shape index (κ2) is 9.88. The third kappa shape index (κ3) is 4.52. The maximum atomic E-state index is 13.6. The van der Waals surface area contributed by atoms with Crippen molar-refractivity contribution in [3.05, 3.63) is 94.7 Å². The van der Waals surface area contributed by atoms with Crippen molar-refractivity contribution in [1.82, 2.24) is 4.57 Å². The van der Waals surface area contributed by atoms with Gasteiger partial charge >= 0.3 is 11.7 Å². The first kappa shape index (κ1) is 24.4. The predicted molar refractivity (Wildman–Crippen MR) is 133 cm³/mol. The van der Waals surface area contributed by atoms with E-state index in [1.807, 2.05) is 30.5 Å². The fourth-order valence-corrected chi connectivity index (χ4v) is 5.29. The van der Waals surface area contributed by atoms with E-state index < -0.39 is 33.9 Å². The molecule has 9 nitrogen and oxygen atoms in total. The molecule has 11 heteroatoms. The molecule has 4 rings (SSSR count). The average Bonchev–Trinajstić information content (AvgIpc) is 3.13. The summed E-state index contributed by atoms with van der Waals surface area (Å²) in [6.07, 6.45) is 3.35. The van der Waals surface area contributed by atoms with Gasteiger partial charge in [0.15, 0.2) is 4.80 Å². The summed E-state index contributed by atoms with van der Waals surface area (Å²) in [5.41, 5.74) is 0.651. The van der Waals surface area contributed by atoms with Crippen LogP contribution in [0.3, 0.4) is 0 Å². The number of hydrogen-bond acceptors (Lipinski definition) is 9. The zero-order valence-electron chi connectivity index (χ0n) is 19.0. The number of hydrogen-bond donors (Lipinski definition) is 1. The lowest BCUT2D eigenvalue weighted by molar-refractivity contribution is -0.385. The molecule has 2 aromatic carbocycles. The van der Waals surface area contributed by atoms with E-state index >= 15 is 0 Å². The van der Waals surface area contributed by atoms with Crippen LogP contribution in [0.4, 0.5) is 5.69 Å². The number of nitro groups is 1. The van der Waals surface area contributed by atoms with Crippen LogP contribution in [0.2, 0.25) is 0 Å². The molecule has 1 aliphatic heterocycles. The molecule has 0 spiro atoms. The molecule has 0 amide bonds. The Kier molecular flexibility index (Phi) is 6.90. The first-order chi connectivity index (χ1) is 16.8. The summed E-state index contributed by atoms with van der Waals surface area (Å²) in [5, 5.41) is 21.5. The number of para-hydroxylation sites is 1. The Labute approximate surface area is 207 Å². The van der Waals surface area contributed by atoms with E-state index in [0.717, 1.165) is 16.2 Å². The summed E-state index contributed by atoms with van der Waals surface area (Å²) < 4.78 is 6.92. The number of nitrogens with zero attached hydrogens (tertiary/aromatic N) is 3. The number of thiazole rings is 1. The summed E-state index contributed by atoms with van der Waals surface area (Å²) in [6, 6.07) is 10.9. The Morgan fingerprint density at radius 3 is 2.66 bits per heavy atom. The molecule has 35 heavy (non-hydrogen) atoms. The fourth-order valence-electron chi connectivity index (χ4n) is 3.85. The molecule has 0 saturated carbocycles. The van der Waals surface area contributed by atoms with Crippen LogP contribution in [0.25, 0.3) is 6.08 Å². The Morgan fingerprint density at radius 1 is 1.31 bits per heavy atom. The molecule has 3 aromatic rings. The van der Waals surface area contributed by atoms with E-state index in [1.165, 1.54) is 28.8 Å². The molecule has 1 aromatic heterocycles. The number of allylic oxidation sites excluding steroid dienone is 1. The maximum absolute atomic E-state index is 13.6. The number of benzene rings is 2. The van der Waals surface area contributed by atoms with Gasteiger partial charge in [-0.2, -0.15) is 0 Å². The molecular weight excluding hydrogens is 490 g/mol. The first-order valence-electron chi connectivity index (χ1n) is 10.6. The van der Waals surface area contributed by atoms with Crippen LogP contribution in [0, 0.1) is 10.1 Å². The average molecular weight is 512 g/mol. The van der Waals surface area contributed by atoms with Gasteiger partial charge in [0.2, 0.25) is 5.75 Å². The zero-order chi connectivity index (χ0) is 25.3. The van der Waals surface area contributed by atoms with Crippen LogP contribution in [0.1, 0.15) is 31.0 Å². The van der Waals surface area contributed by atoms with Gasteiger partial charge in [0.1, 0.15) is 0 Å². The Morgan fingerprint density at radius 2 is 2.03 bits per heavy atom. The van der Waals surface area contributed by atoms with Crippen molar-refractivity contribution in [3.63, 3.8) is 0 Å². The standard InChI is InChI=1S/C24H21N3O6S2/c1-4-33-23(30)19-13(2)25-24-26(20(19)14-8-10-16(34-3)11-9-14)22(29)18(35-24)12-15-6-5-7-17(21(15)28)27(31)32/h5-12,20,28H,4H2,1-3H3. The number of esters is 1. The van der Waals surface area contributed by atoms with Gasteiger partial charge in [0.05, 0.1) is 33.4 Å². The molecule has 1 aliphatic rings. The highest BCUT2D eigenvalue weighted by Crippen LogP contribution is 2.32. The van der Waals surface area contributed by atoms with Gasteiger partial charge in [-0.3, -0.25) is 19.5 Å². The number of phenolic OH excluding ortho intramolecular Hbond substituents is 1. The summed E-state index contributed by atoms with van der Waals surface area (Å²) >= 11 is 2.65. The summed E-state index contributed by atoms with van der Waals surface area (Å²) in [5.74, 6) is -1.09. The number of thioether (sulfide) groups is 1. The molecule has 1 unspecified atom stereocenters. The molecule has 2 heterocycles. The summed E-state index contributed by atoms with van der Waals surface area (Å²) in [7, 11) is 0. The lowest BCUT2D eigenvalue weighted by atomic mass is 9.96. The van der Waals surface area contributed by atoms with Gasteiger partial charge in [-0.25, -0.2) is 9.79 Å². The monoisotopic (exact) mass is 511 g/mol. The van der Waals surface area contributed by atoms with Gasteiger partial charge in [0, 0.05) is 16.5 Å².